The number of nitrogens with one attached hydrogen (secondary N) is 1. The second-order valence-corrected chi connectivity index (χ2v) is 14.0. The molecule has 2 aliphatic heterocycles. The van der Waals surface area contributed by atoms with Crippen LogP contribution in [0, 0.1) is 0 Å². The number of carboxylic acids is 2. The quantitative estimate of drug-likeness (QED) is 0.0502. The van der Waals surface area contributed by atoms with Crippen LogP contribution in [0.4, 0.5) is 5.13 Å². The van der Waals surface area contributed by atoms with E-state index in [0.29, 0.717) is 14.5 Å². The van der Waals surface area contributed by atoms with Crippen molar-refractivity contribution in [1.82, 2.24) is 15.2 Å². The predicted molar refractivity (Wildman–Crippen MR) is 164 cm³/mol. The van der Waals surface area contributed by atoms with Crippen LogP contribution in [0.5, 0.6) is 11.5 Å². The number of carbonyl (C=O) groups excluding carboxylic acids is 2. The Kier molecular flexibility index (Phi) is 11.1. The molecule has 1 fully saturated rings. The zero-order valence-corrected chi connectivity index (χ0v) is 29.5. The molecule has 6 N–H and O–H groups in total. The number of thiazole rings is 1. The monoisotopic (exact) mass is 765 g/mol. The molecule has 2 atom stereocenters. The summed E-state index contributed by atoms with van der Waals surface area (Å²) in [5, 5.41) is 47.6. The number of halogens is 1. The number of phenols is 1. The molecule has 2 aromatic heterocycles. The number of aromatic hydroxyl groups is 1. The van der Waals surface area contributed by atoms with Crippen molar-refractivity contribution < 1.29 is 74.0 Å². The molecule has 0 saturated carbocycles. The van der Waals surface area contributed by atoms with Crippen molar-refractivity contribution in [2.24, 2.45) is 5.16 Å². The molecule has 0 unspecified atom stereocenters. The van der Waals surface area contributed by atoms with Gasteiger partial charge in [-0.15, -0.1) is 46.2 Å². The van der Waals surface area contributed by atoms with E-state index in [1.165, 1.54) is 23.2 Å². The molecule has 230 valence electrons. The SMILES string of the molecule is Nc1nc(/C(=N\OCC(=O)O)C(=O)N[C@@H]2C(=O)N3C(C(=O)O)=C(CSc4cc(=O)c5cc([O-])c(O)c(Br)c5s4)CS[C@H]23)cs1.[Na+]. The Balaban J connectivity index is 0.00000461. The molecule has 0 aliphatic carbocycles. The first-order valence-corrected chi connectivity index (χ1v) is 16.5. The van der Waals surface area contributed by atoms with Gasteiger partial charge in [-0.3, -0.25) is 19.3 Å². The summed E-state index contributed by atoms with van der Waals surface area (Å²) in [6.45, 7) is -0.838. The standard InChI is InChI=1S/C24H18BrN5O10S4.Na/c25-14-18(35)11(32)1-8-10(31)2-13(44-19(8)14)41-4-7-5-42-22-16(21(37)30(22)17(7)23(38)39)28-20(36)15(29-40-3-12(33)34)9-6-43-24(26)27-9;/h1-2,6,16,22,32,35H,3-5H2,(H2,26,27)(H,28,36)(H,33,34)(H,38,39);/q;+1/p-1/b29-15+;/t16-,22-;/m1./s1. The third-order valence-corrected chi connectivity index (χ3v) is 11.6. The number of carboxylic acid groups (broad SMARTS) is 2. The Morgan fingerprint density at radius 1 is 1.29 bits per heavy atom. The number of fused-ring (bicyclic) bond motifs is 2. The summed E-state index contributed by atoms with van der Waals surface area (Å²) >= 11 is 7.65. The fraction of sp³-hybridized carbons (Fsp3) is 0.208. The number of phenolic OH excluding ortho intramolecular Hbond substituents is 1. The molecule has 5 rings (SSSR count). The van der Waals surface area contributed by atoms with E-state index in [2.05, 4.69) is 31.4 Å². The number of aliphatic carboxylic acids is 2. The van der Waals surface area contributed by atoms with E-state index in [9.17, 15) is 39.3 Å². The average molecular weight is 767 g/mol. The molecule has 21 heteroatoms. The van der Waals surface area contributed by atoms with Crippen LogP contribution in [0.1, 0.15) is 5.69 Å². The van der Waals surface area contributed by atoms with Crippen molar-refractivity contribution in [3.8, 4) is 11.5 Å². The maximum Gasteiger partial charge on any atom is 1.00 e. The number of benzene rings is 1. The van der Waals surface area contributed by atoms with Gasteiger partial charge in [-0.2, -0.15) is 0 Å². The third kappa shape index (κ3) is 7.12. The minimum atomic E-state index is -1.35. The summed E-state index contributed by atoms with van der Waals surface area (Å²) in [7, 11) is 0. The number of carbonyl (C=O) groups is 4. The van der Waals surface area contributed by atoms with Gasteiger partial charge in [0.05, 0.1) is 13.4 Å². The molecule has 15 nitrogen and oxygen atoms in total. The topological polar surface area (TPSA) is 245 Å². The van der Waals surface area contributed by atoms with Gasteiger partial charge in [0.15, 0.2) is 16.3 Å². The maximum absolute atomic E-state index is 13.1. The van der Waals surface area contributed by atoms with E-state index in [1.807, 2.05) is 0 Å². The number of nitrogens with zero attached hydrogens (tertiary/aromatic N) is 3. The second-order valence-electron chi connectivity index (χ2n) is 8.93. The number of oxime groups is 1. The van der Waals surface area contributed by atoms with Crippen LogP contribution in [0.2, 0.25) is 0 Å². The van der Waals surface area contributed by atoms with E-state index in [1.54, 1.807) is 0 Å². The first-order valence-electron chi connectivity index (χ1n) is 12.0. The first-order chi connectivity index (χ1) is 20.9. The molecule has 45 heavy (non-hydrogen) atoms. The summed E-state index contributed by atoms with van der Waals surface area (Å²) in [6, 6.07) is 1.25. The van der Waals surface area contributed by atoms with Gasteiger partial charge >= 0.3 is 41.5 Å². The summed E-state index contributed by atoms with van der Waals surface area (Å²) in [6.07, 6.45) is 0. The van der Waals surface area contributed by atoms with Crippen molar-refractivity contribution in [2.45, 2.75) is 15.6 Å². The van der Waals surface area contributed by atoms with E-state index in [-0.39, 0.29) is 67.4 Å². The van der Waals surface area contributed by atoms with Gasteiger partial charge in [-0.25, -0.2) is 14.6 Å². The Labute approximate surface area is 298 Å². The van der Waals surface area contributed by atoms with Gasteiger partial charge in [0.25, 0.3) is 11.8 Å². The molecule has 0 bridgehead atoms. The molecule has 0 radical (unpaired) electrons. The number of rotatable bonds is 10. The molecule has 1 aromatic carbocycles. The Hall–Kier alpha value is -2.85. The number of amides is 2. The zero-order chi connectivity index (χ0) is 31.9. The van der Waals surface area contributed by atoms with Crippen LogP contribution in [0.3, 0.4) is 0 Å². The van der Waals surface area contributed by atoms with Crippen LogP contribution >= 0.6 is 62.1 Å². The second kappa shape index (κ2) is 14.3. The van der Waals surface area contributed by atoms with E-state index in [0.717, 1.165) is 45.4 Å². The minimum absolute atomic E-state index is 0. The summed E-state index contributed by atoms with van der Waals surface area (Å²) in [5.74, 6) is -5.22. The molecule has 4 heterocycles. The van der Waals surface area contributed by atoms with Gasteiger partial charge in [0, 0.05) is 28.3 Å². The predicted octanol–water partition coefficient (Wildman–Crippen LogP) is -1.82. The zero-order valence-electron chi connectivity index (χ0n) is 22.6. The molecule has 2 amide bonds. The fourth-order valence-electron chi connectivity index (χ4n) is 4.18. The van der Waals surface area contributed by atoms with Crippen molar-refractivity contribution >= 4 is 107 Å². The van der Waals surface area contributed by atoms with Crippen LogP contribution in [-0.2, 0) is 24.0 Å². The number of β-lactam (4-membered cyclic amide) rings is 1. The Morgan fingerprint density at radius 3 is 2.67 bits per heavy atom. The molecule has 3 aromatic rings. The minimum Gasteiger partial charge on any atom is -0.870 e. The number of aromatic nitrogens is 1. The number of hydrogen-bond acceptors (Lipinski definition) is 15. The fourth-order valence-corrected chi connectivity index (χ4v) is 9.09. The van der Waals surface area contributed by atoms with Gasteiger partial charge in [-0.05, 0) is 21.5 Å². The van der Waals surface area contributed by atoms with Gasteiger partial charge < -0.3 is 36.3 Å². The number of thioether (sulfide) groups is 2. The Bertz CT molecular complexity index is 1870. The van der Waals surface area contributed by atoms with Crippen molar-refractivity contribution in [2.75, 3.05) is 23.8 Å². The average Bonchev–Trinajstić information content (AvgIpc) is 3.41. The Morgan fingerprint density at radius 2 is 2.02 bits per heavy atom. The number of hydrogen-bond donors (Lipinski definition) is 5. The van der Waals surface area contributed by atoms with E-state index in [4.69, 9.17) is 15.7 Å². The smallest absolute Gasteiger partial charge is 0.870 e. The van der Waals surface area contributed by atoms with Crippen LogP contribution in [-0.4, -0.2) is 84.2 Å². The largest absolute Gasteiger partial charge is 1.00 e. The molecule has 2 aliphatic rings. The van der Waals surface area contributed by atoms with Crippen LogP contribution < -0.4 is 51.1 Å². The van der Waals surface area contributed by atoms with Crippen molar-refractivity contribution in [3.05, 3.63) is 49.2 Å². The number of nitrogen functional groups attached to an aromatic ring is 1. The first kappa shape index (κ1) is 35.0. The molecule has 1 saturated heterocycles. The van der Waals surface area contributed by atoms with Gasteiger partial charge in [-0.1, -0.05) is 17.0 Å². The van der Waals surface area contributed by atoms with Gasteiger partial charge in [0.2, 0.25) is 6.61 Å². The van der Waals surface area contributed by atoms with Crippen LogP contribution in [0.25, 0.3) is 10.1 Å². The normalized spacial score (nSPS) is 17.8. The summed E-state index contributed by atoms with van der Waals surface area (Å²) in [5.41, 5.74) is 4.92. The number of nitrogens with two attached hydrogens (primary N) is 1. The van der Waals surface area contributed by atoms with Gasteiger partial charge in [0.1, 0.15) is 28.6 Å². The summed E-state index contributed by atoms with van der Waals surface area (Å²) in [4.78, 5) is 71.6. The molecule has 0 spiro atoms. The van der Waals surface area contributed by atoms with Crippen LogP contribution in [0.15, 0.2) is 47.4 Å². The summed E-state index contributed by atoms with van der Waals surface area (Å²) < 4.78 is 0.936. The number of anilines is 1. The third-order valence-electron chi connectivity index (χ3n) is 6.13. The van der Waals surface area contributed by atoms with E-state index >= 15 is 0 Å². The van der Waals surface area contributed by atoms with Crippen molar-refractivity contribution in [1.29, 1.82) is 0 Å². The maximum atomic E-state index is 13.1. The van der Waals surface area contributed by atoms with Crippen molar-refractivity contribution in [3.63, 3.8) is 0 Å². The molecular formula is C24H17BrN5NaO10S4. The van der Waals surface area contributed by atoms with E-state index < -0.39 is 64.4 Å². The molecular weight excluding hydrogens is 749 g/mol.